The van der Waals surface area contributed by atoms with E-state index in [9.17, 15) is 67.2 Å². The first-order valence-electron chi connectivity index (χ1n) is 30.9. The molecule has 0 aliphatic carbocycles. The average molecular weight is 1580 g/mol. The van der Waals surface area contributed by atoms with E-state index in [1.54, 1.807) is 0 Å². The minimum atomic E-state index is -5.49. The number of phosphoric ester groups is 5. The molecule has 9 aromatic heterocycles. The summed E-state index contributed by atoms with van der Waals surface area (Å²) in [6, 6.07) is 1.22. The van der Waals surface area contributed by atoms with E-state index in [1.807, 2.05) is 0 Å². The summed E-state index contributed by atoms with van der Waals surface area (Å²) in [5.74, 6) is -0.265. The molecule has 0 spiro atoms. The number of phosphoric acid groups is 5. The Hall–Kier alpha value is -7.65. The molecule has 4 unspecified atom stereocenters. The first kappa shape index (κ1) is 74.2. The maximum Gasteiger partial charge on any atom is 0.472 e. The van der Waals surface area contributed by atoms with E-state index in [0.29, 0.717) is 0 Å². The Balaban J connectivity index is 0.675. The smallest absolute Gasteiger partial charge is 0.387 e. The zero-order valence-electron chi connectivity index (χ0n) is 53.3. The minimum Gasteiger partial charge on any atom is -0.387 e. The van der Waals surface area contributed by atoms with Crippen LogP contribution in [0.3, 0.4) is 0 Å². The van der Waals surface area contributed by atoms with E-state index < -0.39 is 183 Å². The lowest BCUT2D eigenvalue weighted by Gasteiger charge is -2.25. The molecule has 566 valence electrons. The van der Waals surface area contributed by atoms with E-state index in [2.05, 4.69) is 69.3 Å². The van der Waals surface area contributed by atoms with Gasteiger partial charge in [0, 0.05) is 31.9 Å². The van der Waals surface area contributed by atoms with Gasteiger partial charge in [-0.25, -0.2) is 87.4 Å². The first-order valence-corrected chi connectivity index (χ1v) is 38.4. The van der Waals surface area contributed by atoms with Crippen LogP contribution in [0.1, 0.15) is 56.8 Å². The molecule has 0 saturated carbocycles. The Morgan fingerprint density at radius 3 is 0.990 bits per heavy atom. The largest absolute Gasteiger partial charge is 0.472 e. The van der Waals surface area contributed by atoms with E-state index in [0.717, 1.165) is 36.1 Å². The molecule has 0 aromatic carbocycles. The van der Waals surface area contributed by atoms with Crippen molar-refractivity contribution >= 4 is 113 Å². The second-order valence-electron chi connectivity index (χ2n) is 23.8. The van der Waals surface area contributed by atoms with Crippen molar-refractivity contribution in [3.63, 3.8) is 0 Å². The Kier molecular flexibility index (Phi) is 20.6. The number of hydrogen-bond acceptors (Lipinski definition) is 40. The molecule has 0 amide bonds. The molecular formula is C49H62N23O28P5. The summed E-state index contributed by atoms with van der Waals surface area (Å²) in [5, 5.41) is 21.6. The number of imidazole rings is 4. The number of anilines is 5. The van der Waals surface area contributed by atoms with Crippen molar-refractivity contribution in [1.82, 2.24) is 87.6 Å². The van der Waals surface area contributed by atoms with Crippen LogP contribution in [-0.4, -0.2) is 227 Å². The lowest BCUT2D eigenvalue weighted by Crippen LogP contribution is -2.36. The van der Waals surface area contributed by atoms with Gasteiger partial charge in [0.05, 0.1) is 58.3 Å². The van der Waals surface area contributed by atoms with E-state index in [-0.39, 0.29) is 93.0 Å². The Labute approximate surface area is 584 Å². The third-order valence-electron chi connectivity index (χ3n) is 17.1. The molecule has 0 radical (unpaired) electrons. The molecule has 9 aromatic rings. The first-order chi connectivity index (χ1) is 49.8. The number of nitrogens with two attached hydrogens (primary N) is 5. The van der Waals surface area contributed by atoms with E-state index in [1.165, 1.54) is 49.6 Å². The summed E-state index contributed by atoms with van der Waals surface area (Å²) in [6.07, 6.45) is -15.0. The number of aliphatic hydroxyl groups is 2. The van der Waals surface area contributed by atoms with Gasteiger partial charge >= 0.3 is 44.8 Å². The zero-order valence-corrected chi connectivity index (χ0v) is 57.8. The zero-order chi connectivity index (χ0) is 74.2. The van der Waals surface area contributed by atoms with Gasteiger partial charge in [-0.1, -0.05) is 0 Å². The van der Waals surface area contributed by atoms with Crippen molar-refractivity contribution in [2.45, 2.75) is 124 Å². The molecule has 51 nitrogen and oxygen atoms in total. The number of nitrogens with zero attached hydrogens (tertiary/aromatic N) is 18. The van der Waals surface area contributed by atoms with Gasteiger partial charge in [-0.3, -0.25) is 63.5 Å². The molecule has 0 bridgehead atoms. The lowest BCUT2D eigenvalue weighted by molar-refractivity contribution is -0.0644. The van der Waals surface area contributed by atoms with Crippen LogP contribution in [0.5, 0.6) is 0 Å². The molecule has 5 aliphatic rings. The van der Waals surface area contributed by atoms with Crippen LogP contribution in [-0.2, 0) is 87.2 Å². The highest BCUT2D eigenvalue weighted by Crippen LogP contribution is 2.56. The summed E-state index contributed by atoms with van der Waals surface area (Å²) in [7, 11) is -26.8. The number of aliphatic hydroxyl groups excluding tert-OH is 2. The molecule has 5 aliphatic heterocycles. The highest BCUT2D eigenvalue weighted by Gasteiger charge is 2.51. The predicted molar refractivity (Wildman–Crippen MR) is 342 cm³/mol. The van der Waals surface area contributed by atoms with E-state index >= 15 is 0 Å². The van der Waals surface area contributed by atoms with Crippen molar-refractivity contribution in [3.05, 3.63) is 73.4 Å². The third kappa shape index (κ3) is 16.0. The lowest BCUT2D eigenvalue weighted by atomic mass is 10.1. The maximum atomic E-state index is 14.4. The molecule has 14 rings (SSSR count). The Bertz CT molecular complexity index is 5040. The van der Waals surface area contributed by atoms with Crippen LogP contribution >= 0.6 is 39.1 Å². The van der Waals surface area contributed by atoms with Crippen molar-refractivity contribution in [1.29, 1.82) is 0 Å². The van der Waals surface area contributed by atoms with Crippen molar-refractivity contribution in [2.75, 3.05) is 61.7 Å². The minimum absolute atomic E-state index is 0.00165. The quantitative estimate of drug-likeness (QED) is 0.0246. The van der Waals surface area contributed by atoms with Crippen molar-refractivity contribution in [3.8, 4) is 0 Å². The van der Waals surface area contributed by atoms with Crippen molar-refractivity contribution < 1.29 is 127 Å². The average Bonchev–Trinajstić information content (AvgIpc) is 1.65. The molecule has 105 heavy (non-hydrogen) atoms. The van der Waals surface area contributed by atoms with Gasteiger partial charge in [-0.2, -0.15) is 4.98 Å². The number of aromatic nitrogens is 18. The summed E-state index contributed by atoms with van der Waals surface area (Å²) in [4.78, 5) is 130. The van der Waals surface area contributed by atoms with E-state index in [4.69, 9.17) is 88.5 Å². The molecule has 18 N–H and O–H groups in total. The van der Waals surface area contributed by atoms with Gasteiger partial charge in [0.1, 0.15) is 145 Å². The monoisotopic (exact) mass is 1580 g/mol. The topological polar surface area (TPSA) is 716 Å². The van der Waals surface area contributed by atoms with Gasteiger partial charge in [0.2, 0.25) is 0 Å². The van der Waals surface area contributed by atoms with Crippen LogP contribution < -0.4 is 34.4 Å². The van der Waals surface area contributed by atoms with Gasteiger partial charge < -0.3 is 91.9 Å². The fraction of sp³-hybridized carbons (Fsp3) is 0.510. The standard InChI is InChI=1S/C49H62N23O28P5/c50-29-1-2-68(49(75)67-29)48-39(74)38(73)28(96-48)11-91-105(85,86)100-23-6-33(72-19-66-37-43(54)58-15-62-47(37)72)95-27(23)10-90-104(83,84)99-22-5-32(71-18-65-36-42(53)57-14-61-46(36)71)94-26(22)9-89-103(81,82)98-21-4-31(70-17-64-35-41(52)56-13-60-45(35)70)93-25(21)8-88-102(79,80)97-20-3-30(92-24(20)7-87-101(76,77)78)69-16-63-34-40(51)55-12-59-44(34)69/h1-2,12-28,30-33,38-39,48,73-74H,3-11H2,(H,79,80)(H,81,82)(H,83,84)(H,85,86)(H2,50,67,75)(H2,51,55,59)(H2,52,56,60)(H2,53,57,61)(H2,54,58,62)(H2,76,77,78)/t20-,21-,22-,23-,24+,25+,26+,27+,28+,30+,31+,32+,33+,38+,39+,48+/m0/s1. The fourth-order valence-corrected chi connectivity index (χ4v) is 16.4. The number of hydrogen-bond donors (Lipinski definition) is 13. The third-order valence-corrected chi connectivity index (χ3v) is 21.6. The SMILES string of the molecule is Nc1ccn([C@@H]2O[C@H](COP(=O)(O)O[C@H]3C[C@H](n4cnc5c(N)ncnc54)O[C@@H]3COP(=O)(O)O[C@H]3C[C@H](n4cnc5c(N)ncnc54)O[C@@H]3COP(=O)(O)O[C@H]3C[C@H](n4cnc5c(N)ncnc54)O[C@@H]3COP(=O)(O)O[C@H]3C[C@H](n4cnc5c(N)ncnc54)O[C@@H]3COP(=O)(O)O)[C@@H](O)[C@H]2O)c(=O)n1. The van der Waals surface area contributed by atoms with Crippen LogP contribution in [0.2, 0.25) is 0 Å². The van der Waals surface area contributed by atoms with Crippen molar-refractivity contribution in [2.24, 2.45) is 0 Å². The maximum absolute atomic E-state index is 14.4. The molecular weight excluding hydrogens is 1510 g/mol. The predicted octanol–water partition coefficient (Wildman–Crippen LogP) is -1.60. The number of fused-ring (bicyclic) bond motifs is 4. The Morgan fingerprint density at radius 2 is 0.695 bits per heavy atom. The summed E-state index contributed by atoms with van der Waals surface area (Å²) < 4.78 is 154. The summed E-state index contributed by atoms with van der Waals surface area (Å²) in [6.45, 7) is -4.76. The van der Waals surface area contributed by atoms with Gasteiger partial charge in [-0.15, -0.1) is 0 Å². The normalized spacial score (nSPS) is 29.7. The highest BCUT2D eigenvalue weighted by atomic mass is 31.2. The second kappa shape index (κ2) is 29.2. The highest BCUT2D eigenvalue weighted by molar-refractivity contribution is 7.48. The van der Waals surface area contributed by atoms with Crippen LogP contribution in [0.25, 0.3) is 44.7 Å². The molecule has 5 fully saturated rings. The fourth-order valence-electron chi connectivity index (χ4n) is 12.2. The molecule has 14 heterocycles. The number of nitrogen functional groups attached to an aromatic ring is 5. The van der Waals surface area contributed by atoms with Gasteiger partial charge in [-0.05, 0) is 6.07 Å². The molecule has 20 atom stereocenters. The molecule has 5 saturated heterocycles. The Morgan fingerprint density at radius 1 is 0.400 bits per heavy atom. The molecule has 56 heteroatoms. The van der Waals surface area contributed by atoms with Crippen LogP contribution in [0.4, 0.5) is 29.1 Å². The second-order valence-corrected chi connectivity index (χ2v) is 30.7. The summed E-state index contributed by atoms with van der Waals surface area (Å²) in [5.41, 5.74) is 29.7. The number of rotatable bonds is 28. The van der Waals surface area contributed by atoms with Crippen LogP contribution in [0.15, 0.2) is 67.7 Å². The van der Waals surface area contributed by atoms with Gasteiger partial charge in [0.25, 0.3) is 0 Å². The number of ether oxygens (including phenoxy) is 5. The van der Waals surface area contributed by atoms with Gasteiger partial charge in [0.15, 0.2) is 52.1 Å². The van der Waals surface area contributed by atoms with Crippen LogP contribution in [0, 0.1) is 0 Å². The summed E-state index contributed by atoms with van der Waals surface area (Å²) >= 11 is 0.